The van der Waals surface area contributed by atoms with Crippen molar-refractivity contribution in [3.8, 4) is 0 Å². The first kappa shape index (κ1) is 13.5. The van der Waals surface area contributed by atoms with Gasteiger partial charge in [0.15, 0.2) is 11.6 Å². The van der Waals surface area contributed by atoms with Crippen LogP contribution in [0.1, 0.15) is 20.8 Å². The predicted molar refractivity (Wildman–Crippen MR) is 74.1 cm³/mol. The minimum Gasteiger partial charge on any atom is -0.334 e. The fourth-order valence-corrected chi connectivity index (χ4v) is 3.40. The molecule has 1 aromatic carbocycles. The molecule has 6 heteroatoms. The van der Waals surface area contributed by atoms with Gasteiger partial charge in [-0.2, -0.15) is 0 Å². The van der Waals surface area contributed by atoms with Gasteiger partial charge in [-0.1, -0.05) is 11.6 Å². The van der Waals surface area contributed by atoms with Crippen LogP contribution in [-0.4, -0.2) is 17.4 Å². The van der Waals surface area contributed by atoms with Gasteiger partial charge < -0.3 is 4.90 Å². The van der Waals surface area contributed by atoms with Crippen molar-refractivity contribution in [2.24, 2.45) is 0 Å². The molecule has 1 aromatic heterocycles. The average Bonchev–Trinajstić information content (AvgIpc) is 2.89. The van der Waals surface area contributed by atoms with Crippen molar-refractivity contribution in [2.45, 2.75) is 13.0 Å². The largest absolute Gasteiger partial charge is 0.334 e. The van der Waals surface area contributed by atoms with Crippen molar-refractivity contribution in [3.05, 3.63) is 56.2 Å². The van der Waals surface area contributed by atoms with E-state index in [4.69, 9.17) is 11.6 Å². The van der Waals surface area contributed by atoms with Crippen LogP contribution in [0.2, 0.25) is 5.02 Å². The SMILES string of the molecule is O=C(c1cc(F)c(F)cc1Cl)N1CCc2sccc2C1. The summed E-state index contributed by atoms with van der Waals surface area (Å²) in [6, 6.07) is 3.68. The molecule has 0 spiro atoms. The maximum atomic E-state index is 13.3. The normalized spacial score (nSPS) is 14.2. The second-order valence-electron chi connectivity index (χ2n) is 4.59. The molecule has 0 bridgehead atoms. The molecule has 0 atom stereocenters. The summed E-state index contributed by atoms with van der Waals surface area (Å²) in [5.41, 5.74) is 1.11. The number of carbonyl (C=O) groups excluding carboxylic acids is 1. The number of nitrogens with zero attached hydrogens (tertiary/aromatic N) is 1. The van der Waals surface area contributed by atoms with Crippen LogP contribution in [0, 0.1) is 11.6 Å². The first-order valence-corrected chi connectivity index (χ1v) is 7.31. The molecule has 0 radical (unpaired) electrons. The highest BCUT2D eigenvalue weighted by atomic mass is 35.5. The third-order valence-corrected chi connectivity index (χ3v) is 4.67. The average molecular weight is 314 g/mol. The summed E-state index contributed by atoms with van der Waals surface area (Å²) in [4.78, 5) is 15.2. The van der Waals surface area contributed by atoms with Crippen LogP contribution in [0.4, 0.5) is 8.78 Å². The van der Waals surface area contributed by atoms with Crippen LogP contribution >= 0.6 is 22.9 Å². The zero-order valence-electron chi connectivity index (χ0n) is 10.3. The van der Waals surface area contributed by atoms with Crippen molar-refractivity contribution in [3.63, 3.8) is 0 Å². The van der Waals surface area contributed by atoms with Crippen LogP contribution in [0.25, 0.3) is 0 Å². The summed E-state index contributed by atoms with van der Waals surface area (Å²) in [6.45, 7) is 1.04. The van der Waals surface area contributed by atoms with Crippen molar-refractivity contribution in [2.75, 3.05) is 6.54 Å². The third kappa shape index (κ3) is 2.31. The van der Waals surface area contributed by atoms with Gasteiger partial charge in [-0.25, -0.2) is 8.78 Å². The Kier molecular flexibility index (Phi) is 3.48. The summed E-state index contributed by atoms with van der Waals surface area (Å²) < 4.78 is 26.3. The predicted octanol–water partition coefficient (Wildman–Crippen LogP) is 3.88. The van der Waals surface area contributed by atoms with Crippen LogP contribution in [0.5, 0.6) is 0 Å². The number of halogens is 3. The van der Waals surface area contributed by atoms with Crippen molar-refractivity contribution < 1.29 is 13.6 Å². The highest BCUT2D eigenvalue weighted by molar-refractivity contribution is 7.10. The van der Waals surface area contributed by atoms with Crippen LogP contribution in [-0.2, 0) is 13.0 Å². The molecular weight excluding hydrogens is 304 g/mol. The molecule has 0 saturated heterocycles. The molecule has 0 N–H and O–H groups in total. The van der Waals surface area contributed by atoms with Gasteiger partial charge in [0.25, 0.3) is 5.91 Å². The number of amides is 1. The minimum atomic E-state index is -1.06. The van der Waals surface area contributed by atoms with E-state index in [0.29, 0.717) is 13.1 Å². The number of hydrogen-bond donors (Lipinski definition) is 0. The first-order chi connectivity index (χ1) is 9.56. The Hall–Kier alpha value is -1.46. The summed E-state index contributed by atoms with van der Waals surface area (Å²) in [6.07, 6.45) is 0.778. The van der Waals surface area contributed by atoms with Gasteiger partial charge in [0.05, 0.1) is 10.6 Å². The number of rotatable bonds is 1. The van der Waals surface area contributed by atoms with E-state index in [-0.39, 0.29) is 16.5 Å². The van der Waals surface area contributed by atoms with E-state index in [2.05, 4.69) is 0 Å². The van der Waals surface area contributed by atoms with Crippen LogP contribution in [0.15, 0.2) is 23.6 Å². The molecule has 0 fully saturated rings. The van der Waals surface area contributed by atoms with Gasteiger partial charge in [0, 0.05) is 18.0 Å². The molecule has 0 aliphatic carbocycles. The Labute approximate surface area is 123 Å². The summed E-state index contributed by atoms with van der Waals surface area (Å²) in [5.74, 6) is -2.48. The van der Waals surface area contributed by atoms with Crippen LogP contribution < -0.4 is 0 Å². The van der Waals surface area contributed by atoms with E-state index >= 15 is 0 Å². The van der Waals surface area contributed by atoms with Crippen molar-refractivity contribution in [1.82, 2.24) is 4.90 Å². The van der Waals surface area contributed by atoms with Gasteiger partial charge in [-0.3, -0.25) is 4.79 Å². The smallest absolute Gasteiger partial charge is 0.255 e. The number of hydrogen-bond acceptors (Lipinski definition) is 2. The van der Waals surface area contributed by atoms with E-state index in [0.717, 1.165) is 24.1 Å². The quantitative estimate of drug-likeness (QED) is 0.732. The lowest BCUT2D eigenvalue weighted by atomic mass is 10.1. The standard InChI is InChI=1S/C14H10ClF2NOS/c15-10-6-12(17)11(16)5-9(10)14(19)18-3-1-13-8(7-18)2-4-20-13/h2,4-6H,1,3,7H2. The van der Waals surface area contributed by atoms with E-state index in [1.807, 2.05) is 11.4 Å². The topological polar surface area (TPSA) is 20.3 Å². The highest BCUT2D eigenvalue weighted by Gasteiger charge is 2.25. The molecule has 20 heavy (non-hydrogen) atoms. The molecule has 2 nitrogen and oxygen atoms in total. The fraction of sp³-hybridized carbons (Fsp3) is 0.214. The molecule has 1 aliphatic heterocycles. The number of thiophene rings is 1. The molecule has 2 aromatic rings. The molecule has 3 rings (SSSR count). The Morgan fingerprint density at radius 2 is 2.05 bits per heavy atom. The summed E-state index contributed by atoms with van der Waals surface area (Å²) in [5, 5.41) is 1.92. The summed E-state index contributed by atoms with van der Waals surface area (Å²) in [7, 11) is 0. The molecule has 1 amide bonds. The van der Waals surface area contributed by atoms with Crippen molar-refractivity contribution >= 4 is 28.8 Å². The monoisotopic (exact) mass is 313 g/mol. The molecule has 0 unspecified atom stereocenters. The van der Waals surface area contributed by atoms with Crippen LogP contribution in [0.3, 0.4) is 0 Å². The lowest BCUT2D eigenvalue weighted by Crippen LogP contribution is -2.35. The van der Waals surface area contributed by atoms with E-state index < -0.39 is 11.6 Å². The van der Waals surface area contributed by atoms with Gasteiger partial charge in [-0.05, 0) is 35.6 Å². The number of carbonyl (C=O) groups is 1. The minimum absolute atomic E-state index is 0.00393. The third-order valence-electron chi connectivity index (χ3n) is 3.34. The number of benzene rings is 1. The van der Waals surface area contributed by atoms with Gasteiger partial charge in [0.1, 0.15) is 0 Å². The zero-order valence-corrected chi connectivity index (χ0v) is 11.9. The fourth-order valence-electron chi connectivity index (χ4n) is 2.28. The van der Waals surface area contributed by atoms with Gasteiger partial charge >= 0.3 is 0 Å². The molecule has 0 saturated carbocycles. The first-order valence-electron chi connectivity index (χ1n) is 6.05. The second kappa shape index (κ2) is 5.14. The van der Waals surface area contributed by atoms with Gasteiger partial charge in [0.2, 0.25) is 0 Å². The highest BCUT2D eigenvalue weighted by Crippen LogP contribution is 2.27. The Morgan fingerprint density at radius 3 is 2.85 bits per heavy atom. The lowest BCUT2D eigenvalue weighted by Gasteiger charge is -2.27. The molecule has 2 heterocycles. The van der Waals surface area contributed by atoms with Gasteiger partial charge in [-0.15, -0.1) is 11.3 Å². The second-order valence-corrected chi connectivity index (χ2v) is 6.00. The maximum Gasteiger partial charge on any atom is 0.255 e. The molecular formula is C14H10ClF2NOS. The Bertz CT molecular complexity index is 686. The Morgan fingerprint density at radius 1 is 1.30 bits per heavy atom. The summed E-state index contributed by atoms with van der Waals surface area (Å²) >= 11 is 7.51. The van der Waals surface area contributed by atoms with E-state index in [9.17, 15) is 13.6 Å². The zero-order chi connectivity index (χ0) is 14.3. The Balaban J connectivity index is 1.89. The lowest BCUT2D eigenvalue weighted by molar-refractivity contribution is 0.0735. The molecule has 1 aliphatic rings. The maximum absolute atomic E-state index is 13.3. The van der Waals surface area contributed by atoms with Crippen molar-refractivity contribution in [1.29, 1.82) is 0 Å². The number of fused-ring (bicyclic) bond motifs is 1. The van der Waals surface area contributed by atoms with E-state index in [1.165, 1.54) is 4.88 Å². The molecule has 104 valence electrons. The van der Waals surface area contributed by atoms with E-state index in [1.54, 1.807) is 16.2 Å².